The maximum absolute atomic E-state index is 11.6. The van der Waals surface area contributed by atoms with E-state index in [2.05, 4.69) is 0 Å². The van der Waals surface area contributed by atoms with Crippen molar-refractivity contribution < 1.29 is 8.42 Å². The summed E-state index contributed by atoms with van der Waals surface area (Å²) < 4.78 is 24.6. The van der Waals surface area contributed by atoms with E-state index in [1.165, 1.54) is 16.1 Å². The molecule has 1 fully saturated rings. The zero-order valence-corrected chi connectivity index (χ0v) is 12.0. The smallest absolute Gasteiger partial charge is 0.211 e. The van der Waals surface area contributed by atoms with Gasteiger partial charge in [0, 0.05) is 19.0 Å². The summed E-state index contributed by atoms with van der Waals surface area (Å²) in [7, 11) is -3.11. The van der Waals surface area contributed by atoms with E-state index >= 15 is 0 Å². The van der Waals surface area contributed by atoms with Gasteiger partial charge < -0.3 is 5.73 Å². The van der Waals surface area contributed by atoms with Crippen LogP contribution in [0, 0.1) is 5.92 Å². The number of rotatable bonds is 3. The van der Waals surface area contributed by atoms with E-state index in [0.717, 1.165) is 0 Å². The minimum absolute atomic E-state index is 0. The first kappa shape index (κ1) is 15.4. The van der Waals surface area contributed by atoms with Crippen LogP contribution in [0.3, 0.4) is 0 Å². The Balaban J connectivity index is 0.00000162. The predicted molar refractivity (Wildman–Crippen MR) is 75.4 cm³/mol. The number of halogens is 1. The predicted octanol–water partition coefficient (Wildman–Crippen LogP) is 1.04. The summed E-state index contributed by atoms with van der Waals surface area (Å²) in [6, 6.07) is 10.0. The van der Waals surface area contributed by atoms with Crippen LogP contribution >= 0.6 is 12.4 Å². The molecule has 0 bridgehead atoms. The fraction of sp³-hybridized carbons (Fsp3) is 0.500. The molecule has 0 radical (unpaired) electrons. The summed E-state index contributed by atoms with van der Waals surface area (Å²) >= 11 is 0. The number of benzene rings is 1. The summed E-state index contributed by atoms with van der Waals surface area (Å²) in [5.41, 5.74) is 6.92. The second-order valence-corrected chi connectivity index (χ2v) is 6.58. The average molecular weight is 291 g/mol. The Morgan fingerprint density at radius 1 is 1.28 bits per heavy atom. The van der Waals surface area contributed by atoms with Gasteiger partial charge in [-0.15, -0.1) is 12.4 Å². The number of nitrogens with two attached hydrogens (primary N) is 1. The van der Waals surface area contributed by atoms with E-state index in [1.807, 2.05) is 30.3 Å². The second kappa shape index (κ2) is 6.02. The Morgan fingerprint density at radius 3 is 2.39 bits per heavy atom. The zero-order chi connectivity index (χ0) is 12.5. The van der Waals surface area contributed by atoms with Gasteiger partial charge in [-0.25, -0.2) is 12.7 Å². The molecular weight excluding hydrogens is 272 g/mol. The number of nitrogens with zero attached hydrogens (tertiary/aromatic N) is 1. The molecule has 2 atom stereocenters. The third kappa shape index (κ3) is 3.23. The molecule has 0 unspecified atom stereocenters. The Bertz CT molecular complexity index is 478. The van der Waals surface area contributed by atoms with Crippen molar-refractivity contribution in [3.05, 3.63) is 35.9 Å². The first-order chi connectivity index (χ1) is 8.02. The zero-order valence-electron chi connectivity index (χ0n) is 10.3. The van der Waals surface area contributed by atoms with Crippen molar-refractivity contribution in [3.8, 4) is 0 Å². The van der Waals surface area contributed by atoms with E-state index in [9.17, 15) is 8.42 Å². The fourth-order valence-corrected chi connectivity index (χ4v) is 3.31. The minimum atomic E-state index is -3.11. The molecule has 1 aliphatic rings. The Hall–Kier alpha value is -0.620. The van der Waals surface area contributed by atoms with Gasteiger partial charge in [0.25, 0.3) is 0 Å². The van der Waals surface area contributed by atoms with Crippen molar-refractivity contribution in [1.29, 1.82) is 0 Å². The normalized spacial score (nSPS) is 24.8. The lowest BCUT2D eigenvalue weighted by Crippen LogP contribution is -2.28. The highest BCUT2D eigenvalue weighted by molar-refractivity contribution is 7.88. The van der Waals surface area contributed by atoms with Gasteiger partial charge in [-0.2, -0.15) is 0 Å². The third-order valence-corrected chi connectivity index (χ3v) is 4.64. The van der Waals surface area contributed by atoms with Gasteiger partial charge in [-0.3, -0.25) is 0 Å². The Kier molecular flexibility index (Phi) is 5.16. The molecule has 1 aliphatic heterocycles. The molecule has 18 heavy (non-hydrogen) atoms. The quantitative estimate of drug-likeness (QED) is 0.905. The van der Waals surface area contributed by atoms with Gasteiger partial charge in [0.05, 0.1) is 6.26 Å². The summed E-state index contributed by atoms with van der Waals surface area (Å²) in [5, 5.41) is 0. The minimum Gasteiger partial charge on any atom is -0.330 e. The lowest BCUT2D eigenvalue weighted by molar-refractivity contribution is 0.463. The molecule has 4 nitrogen and oxygen atoms in total. The van der Waals surface area contributed by atoms with Crippen LogP contribution in [-0.2, 0) is 10.0 Å². The van der Waals surface area contributed by atoms with Gasteiger partial charge in [0.2, 0.25) is 10.0 Å². The lowest BCUT2D eigenvalue weighted by atomic mass is 9.89. The Labute approximate surface area is 115 Å². The van der Waals surface area contributed by atoms with Gasteiger partial charge in [-0.05, 0) is 18.0 Å². The van der Waals surface area contributed by atoms with Crippen molar-refractivity contribution in [1.82, 2.24) is 4.31 Å². The van der Waals surface area contributed by atoms with Crippen LogP contribution < -0.4 is 5.73 Å². The van der Waals surface area contributed by atoms with E-state index in [4.69, 9.17) is 5.73 Å². The molecule has 1 saturated heterocycles. The topological polar surface area (TPSA) is 63.4 Å². The monoisotopic (exact) mass is 290 g/mol. The van der Waals surface area contributed by atoms with Crippen LogP contribution in [0.5, 0.6) is 0 Å². The van der Waals surface area contributed by atoms with Crippen LogP contribution in [0.2, 0.25) is 0 Å². The number of sulfonamides is 1. The van der Waals surface area contributed by atoms with Gasteiger partial charge in [0.1, 0.15) is 0 Å². The molecular formula is C12H19ClN2O2S. The molecule has 1 aromatic carbocycles. The molecule has 102 valence electrons. The molecule has 0 aliphatic carbocycles. The van der Waals surface area contributed by atoms with Crippen molar-refractivity contribution in [2.24, 2.45) is 11.7 Å². The standard InChI is InChI=1S/C12H18N2O2S.ClH/c1-17(15,16)14-8-11(7-13)12(9-14)10-5-3-2-4-6-10;/h2-6,11-12H,7-9,13H2,1H3;1H/t11-,12+;/m1./s1. The first-order valence-electron chi connectivity index (χ1n) is 5.72. The van der Waals surface area contributed by atoms with Crippen molar-refractivity contribution in [2.75, 3.05) is 25.9 Å². The number of hydrogen-bond donors (Lipinski definition) is 1. The first-order valence-corrected chi connectivity index (χ1v) is 7.57. The molecule has 0 saturated carbocycles. The third-order valence-electron chi connectivity index (χ3n) is 3.41. The highest BCUT2D eigenvalue weighted by atomic mass is 35.5. The molecule has 0 amide bonds. The lowest BCUT2D eigenvalue weighted by Gasteiger charge is -2.16. The molecule has 2 rings (SSSR count). The van der Waals surface area contributed by atoms with E-state index in [1.54, 1.807) is 0 Å². The summed E-state index contributed by atoms with van der Waals surface area (Å²) in [6.45, 7) is 1.60. The van der Waals surface area contributed by atoms with Crippen molar-refractivity contribution in [3.63, 3.8) is 0 Å². The van der Waals surface area contributed by atoms with Gasteiger partial charge >= 0.3 is 0 Å². The summed E-state index contributed by atoms with van der Waals surface area (Å²) in [4.78, 5) is 0. The molecule has 0 spiro atoms. The van der Waals surface area contributed by atoms with Crippen LogP contribution in [-0.4, -0.2) is 38.6 Å². The SMILES string of the molecule is CS(=O)(=O)N1C[C@@H](CN)[C@H](c2ccccc2)C1.Cl. The van der Waals surface area contributed by atoms with Gasteiger partial charge in [-0.1, -0.05) is 30.3 Å². The van der Waals surface area contributed by atoms with Crippen molar-refractivity contribution in [2.45, 2.75) is 5.92 Å². The van der Waals surface area contributed by atoms with Crippen LogP contribution in [0.4, 0.5) is 0 Å². The fourth-order valence-electron chi connectivity index (χ4n) is 2.42. The molecule has 1 heterocycles. The largest absolute Gasteiger partial charge is 0.330 e. The maximum Gasteiger partial charge on any atom is 0.211 e. The highest BCUT2D eigenvalue weighted by Crippen LogP contribution is 2.32. The van der Waals surface area contributed by atoms with E-state index < -0.39 is 10.0 Å². The van der Waals surface area contributed by atoms with E-state index in [0.29, 0.717) is 19.6 Å². The Morgan fingerprint density at radius 2 is 1.89 bits per heavy atom. The van der Waals surface area contributed by atoms with Crippen LogP contribution in [0.25, 0.3) is 0 Å². The summed E-state index contributed by atoms with van der Waals surface area (Å²) in [5.74, 6) is 0.433. The average Bonchev–Trinajstić information content (AvgIpc) is 2.73. The second-order valence-electron chi connectivity index (χ2n) is 4.59. The van der Waals surface area contributed by atoms with Crippen LogP contribution in [0.1, 0.15) is 11.5 Å². The van der Waals surface area contributed by atoms with Crippen molar-refractivity contribution >= 4 is 22.4 Å². The maximum atomic E-state index is 11.6. The number of hydrogen-bond acceptors (Lipinski definition) is 3. The van der Waals surface area contributed by atoms with Gasteiger partial charge in [0.15, 0.2) is 0 Å². The molecule has 2 N–H and O–H groups in total. The summed E-state index contributed by atoms with van der Waals surface area (Å²) in [6.07, 6.45) is 1.26. The highest BCUT2D eigenvalue weighted by Gasteiger charge is 2.36. The van der Waals surface area contributed by atoms with E-state index in [-0.39, 0.29) is 24.2 Å². The van der Waals surface area contributed by atoms with Crippen LogP contribution in [0.15, 0.2) is 30.3 Å². The molecule has 6 heteroatoms. The molecule has 0 aromatic heterocycles. The molecule has 1 aromatic rings.